The molecule has 0 unspecified atom stereocenters. The van der Waals surface area contributed by atoms with Gasteiger partial charge in [-0.3, -0.25) is 9.48 Å². The Morgan fingerprint density at radius 2 is 2.33 bits per heavy atom. The zero-order valence-corrected chi connectivity index (χ0v) is 8.23. The number of carbonyl (C=O) groups excluding carboxylic acids is 1. The van der Waals surface area contributed by atoms with Gasteiger partial charge in [0, 0.05) is 20.0 Å². The number of aromatic nitrogens is 2. The first-order chi connectivity index (χ1) is 7.06. The minimum Gasteiger partial charge on any atom is -0.477 e. The number of nitrogens with two attached hydrogens (primary N) is 1. The van der Waals surface area contributed by atoms with Gasteiger partial charge in [-0.1, -0.05) is 0 Å². The molecule has 15 heavy (non-hydrogen) atoms. The molecule has 0 saturated carbocycles. The Balaban J connectivity index is 2.88. The Hall–Kier alpha value is -1.89. The third-order valence-electron chi connectivity index (χ3n) is 1.80. The van der Waals surface area contributed by atoms with Crippen LogP contribution in [0.3, 0.4) is 0 Å². The summed E-state index contributed by atoms with van der Waals surface area (Å²) in [4.78, 5) is 22.0. The van der Waals surface area contributed by atoms with Crippen molar-refractivity contribution in [3.8, 4) is 0 Å². The highest BCUT2D eigenvalue weighted by Crippen LogP contribution is 2.13. The van der Waals surface area contributed by atoms with Crippen LogP contribution in [0.4, 0.5) is 5.82 Å². The molecule has 1 rings (SSSR count). The van der Waals surface area contributed by atoms with E-state index in [0.29, 0.717) is 0 Å². The van der Waals surface area contributed by atoms with Crippen molar-refractivity contribution in [3.05, 3.63) is 11.8 Å². The first-order valence-corrected chi connectivity index (χ1v) is 4.31. The number of nitrogens with zero attached hydrogens (tertiary/aromatic N) is 2. The molecule has 1 heterocycles. The van der Waals surface area contributed by atoms with E-state index < -0.39 is 5.97 Å². The van der Waals surface area contributed by atoms with Crippen LogP contribution >= 0.6 is 0 Å². The number of nitrogens with one attached hydrogen (secondary N) is 1. The third-order valence-corrected chi connectivity index (χ3v) is 1.80. The van der Waals surface area contributed by atoms with Gasteiger partial charge in [-0.05, 0) is 0 Å². The standard InChI is InChI=1S/C8H12N4O3/c1-12-7(11-6(13)2-3-9)5(4-10-12)8(14)15/h4H,2-3,9H2,1H3,(H,11,13)(H,14,15). The predicted molar refractivity (Wildman–Crippen MR) is 52.5 cm³/mol. The number of hydrogen-bond donors (Lipinski definition) is 3. The van der Waals surface area contributed by atoms with E-state index in [1.807, 2.05) is 0 Å². The first kappa shape index (κ1) is 11.2. The van der Waals surface area contributed by atoms with Crippen LogP contribution in [0.15, 0.2) is 6.20 Å². The van der Waals surface area contributed by atoms with Crippen LogP contribution in [0.2, 0.25) is 0 Å². The Kier molecular flexibility index (Phi) is 3.40. The maximum absolute atomic E-state index is 11.2. The van der Waals surface area contributed by atoms with Crippen molar-refractivity contribution in [2.75, 3.05) is 11.9 Å². The summed E-state index contributed by atoms with van der Waals surface area (Å²) in [7, 11) is 1.55. The van der Waals surface area contributed by atoms with Gasteiger partial charge in [0.25, 0.3) is 0 Å². The van der Waals surface area contributed by atoms with Crippen LogP contribution < -0.4 is 11.1 Å². The van der Waals surface area contributed by atoms with Gasteiger partial charge < -0.3 is 16.2 Å². The minimum absolute atomic E-state index is 0.0390. The molecule has 0 fully saturated rings. The van der Waals surface area contributed by atoms with E-state index in [2.05, 4.69) is 10.4 Å². The molecule has 0 spiro atoms. The van der Waals surface area contributed by atoms with Gasteiger partial charge in [-0.2, -0.15) is 5.10 Å². The lowest BCUT2D eigenvalue weighted by Crippen LogP contribution is -2.19. The fourth-order valence-corrected chi connectivity index (χ4v) is 1.07. The second kappa shape index (κ2) is 4.56. The summed E-state index contributed by atoms with van der Waals surface area (Å²) in [5.74, 6) is -1.30. The number of aromatic carboxylic acids is 1. The average Bonchev–Trinajstić information content (AvgIpc) is 2.48. The van der Waals surface area contributed by atoms with Crippen molar-refractivity contribution in [2.24, 2.45) is 12.8 Å². The van der Waals surface area contributed by atoms with Crippen molar-refractivity contribution >= 4 is 17.7 Å². The van der Waals surface area contributed by atoms with Gasteiger partial charge in [0.1, 0.15) is 11.4 Å². The largest absolute Gasteiger partial charge is 0.477 e. The van der Waals surface area contributed by atoms with E-state index in [1.54, 1.807) is 7.05 Å². The zero-order valence-electron chi connectivity index (χ0n) is 8.23. The molecule has 0 aromatic carbocycles. The molecule has 0 aliphatic heterocycles. The predicted octanol–water partition coefficient (Wildman–Crippen LogP) is -0.594. The summed E-state index contributed by atoms with van der Waals surface area (Å²) in [6.45, 7) is 0.214. The molecule has 0 saturated heterocycles. The van der Waals surface area contributed by atoms with Gasteiger partial charge in [0.2, 0.25) is 5.91 Å². The second-order valence-corrected chi connectivity index (χ2v) is 2.92. The summed E-state index contributed by atoms with van der Waals surface area (Å²) in [5, 5.41) is 15.0. The highest BCUT2D eigenvalue weighted by atomic mass is 16.4. The maximum Gasteiger partial charge on any atom is 0.341 e. The molecule has 1 aromatic rings. The van der Waals surface area contributed by atoms with E-state index in [9.17, 15) is 9.59 Å². The number of amides is 1. The van der Waals surface area contributed by atoms with Crippen LogP contribution in [0, 0.1) is 0 Å². The van der Waals surface area contributed by atoms with Gasteiger partial charge >= 0.3 is 5.97 Å². The molecular formula is C8H12N4O3. The molecule has 7 heteroatoms. The molecule has 82 valence electrons. The minimum atomic E-state index is -1.13. The van der Waals surface area contributed by atoms with Crippen LogP contribution in [0.25, 0.3) is 0 Å². The Morgan fingerprint density at radius 3 is 2.87 bits per heavy atom. The molecule has 7 nitrogen and oxygen atoms in total. The van der Waals surface area contributed by atoms with Crippen molar-refractivity contribution in [3.63, 3.8) is 0 Å². The lowest BCUT2D eigenvalue weighted by Gasteiger charge is -2.05. The van der Waals surface area contributed by atoms with Crippen LogP contribution in [0.1, 0.15) is 16.8 Å². The van der Waals surface area contributed by atoms with E-state index >= 15 is 0 Å². The van der Waals surface area contributed by atoms with E-state index in [0.717, 1.165) is 0 Å². The lowest BCUT2D eigenvalue weighted by atomic mass is 10.3. The third kappa shape index (κ3) is 2.53. The highest BCUT2D eigenvalue weighted by molar-refractivity contribution is 5.99. The molecule has 0 atom stereocenters. The van der Waals surface area contributed by atoms with Crippen molar-refractivity contribution in [2.45, 2.75) is 6.42 Å². The molecular weight excluding hydrogens is 200 g/mol. The number of carboxylic acids is 1. The summed E-state index contributed by atoms with van der Waals surface area (Å²) in [6.07, 6.45) is 1.32. The summed E-state index contributed by atoms with van der Waals surface area (Å²) in [5.41, 5.74) is 5.16. The number of carboxylic acid groups (broad SMARTS) is 1. The molecule has 4 N–H and O–H groups in total. The maximum atomic E-state index is 11.2. The van der Waals surface area contributed by atoms with Gasteiger partial charge in [0.05, 0.1) is 6.20 Å². The zero-order chi connectivity index (χ0) is 11.4. The van der Waals surface area contributed by atoms with Gasteiger partial charge in [-0.25, -0.2) is 4.79 Å². The average molecular weight is 212 g/mol. The number of anilines is 1. The topological polar surface area (TPSA) is 110 Å². The van der Waals surface area contributed by atoms with Crippen LogP contribution in [-0.4, -0.2) is 33.3 Å². The number of aryl methyl sites for hydroxylation is 1. The molecule has 0 aliphatic carbocycles. The van der Waals surface area contributed by atoms with Gasteiger partial charge in [0.15, 0.2) is 0 Å². The summed E-state index contributed by atoms with van der Waals surface area (Å²) < 4.78 is 1.29. The molecule has 1 aromatic heterocycles. The smallest absolute Gasteiger partial charge is 0.341 e. The van der Waals surface area contributed by atoms with E-state index in [4.69, 9.17) is 10.8 Å². The Bertz CT molecular complexity index is 385. The second-order valence-electron chi connectivity index (χ2n) is 2.92. The quantitative estimate of drug-likeness (QED) is 0.617. The fourth-order valence-electron chi connectivity index (χ4n) is 1.07. The fraction of sp³-hybridized carbons (Fsp3) is 0.375. The van der Waals surface area contributed by atoms with E-state index in [-0.39, 0.29) is 30.3 Å². The normalized spacial score (nSPS) is 10.0. The van der Waals surface area contributed by atoms with Crippen molar-refractivity contribution in [1.82, 2.24) is 9.78 Å². The molecule has 0 radical (unpaired) electrons. The van der Waals surface area contributed by atoms with Crippen molar-refractivity contribution < 1.29 is 14.7 Å². The number of carbonyl (C=O) groups is 2. The Labute approximate surface area is 85.9 Å². The first-order valence-electron chi connectivity index (χ1n) is 4.31. The highest BCUT2D eigenvalue weighted by Gasteiger charge is 2.16. The van der Waals surface area contributed by atoms with Crippen molar-refractivity contribution in [1.29, 1.82) is 0 Å². The monoisotopic (exact) mass is 212 g/mol. The molecule has 0 aliphatic rings. The summed E-state index contributed by atoms with van der Waals surface area (Å²) in [6, 6.07) is 0. The lowest BCUT2D eigenvalue weighted by molar-refractivity contribution is -0.116. The molecule has 0 bridgehead atoms. The molecule has 1 amide bonds. The van der Waals surface area contributed by atoms with E-state index in [1.165, 1.54) is 10.9 Å². The number of hydrogen-bond acceptors (Lipinski definition) is 4. The van der Waals surface area contributed by atoms with Crippen LogP contribution in [0.5, 0.6) is 0 Å². The number of rotatable bonds is 4. The van der Waals surface area contributed by atoms with Crippen LogP contribution in [-0.2, 0) is 11.8 Å². The summed E-state index contributed by atoms with van der Waals surface area (Å²) >= 11 is 0. The Morgan fingerprint density at radius 1 is 1.67 bits per heavy atom. The SMILES string of the molecule is Cn1ncc(C(=O)O)c1NC(=O)CCN. The van der Waals surface area contributed by atoms with Gasteiger partial charge in [-0.15, -0.1) is 0 Å².